The molecule has 3 aromatic rings. The molecule has 0 saturated heterocycles. The molecular weight excluding hydrogens is 408 g/mol. The van der Waals surface area contributed by atoms with E-state index in [4.69, 9.17) is 23.7 Å². The van der Waals surface area contributed by atoms with Crippen molar-refractivity contribution < 1.29 is 28.8 Å². The lowest BCUT2D eigenvalue weighted by atomic mass is 9.93. The van der Waals surface area contributed by atoms with Crippen LogP contribution in [0.1, 0.15) is 28.4 Å². The smallest absolute Gasteiger partial charge is 0.130 e. The number of aliphatic hydroxyl groups excluding tert-OH is 1. The fraction of sp³-hybridized carbons (Fsp3) is 0.231. The Labute approximate surface area is 187 Å². The molecule has 0 saturated carbocycles. The zero-order chi connectivity index (χ0) is 22.8. The molecule has 0 aromatic heterocycles. The van der Waals surface area contributed by atoms with E-state index >= 15 is 0 Å². The first kappa shape index (κ1) is 21.6. The third-order valence-corrected chi connectivity index (χ3v) is 5.69. The van der Waals surface area contributed by atoms with Crippen molar-refractivity contribution in [2.45, 2.75) is 6.10 Å². The number of methoxy groups -OCH3 is 5. The normalized spacial score (nSPS) is 14.8. The van der Waals surface area contributed by atoms with Crippen molar-refractivity contribution in [3.8, 4) is 28.7 Å². The molecule has 0 amide bonds. The molecule has 32 heavy (non-hydrogen) atoms. The second-order valence-corrected chi connectivity index (χ2v) is 7.31. The van der Waals surface area contributed by atoms with Gasteiger partial charge < -0.3 is 28.8 Å². The number of benzene rings is 3. The molecule has 0 fully saturated rings. The Kier molecular flexibility index (Phi) is 5.97. The molecule has 0 radical (unpaired) electrons. The van der Waals surface area contributed by atoms with E-state index in [0.29, 0.717) is 28.6 Å². The van der Waals surface area contributed by atoms with Crippen LogP contribution in [-0.4, -0.2) is 40.7 Å². The summed E-state index contributed by atoms with van der Waals surface area (Å²) in [6.45, 7) is 0. The van der Waals surface area contributed by atoms with E-state index < -0.39 is 6.10 Å². The maximum atomic E-state index is 11.5. The van der Waals surface area contributed by atoms with Crippen molar-refractivity contribution in [2.24, 2.45) is 0 Å². The van der Waals surface area contributed by atoms with Crippen molar-refractivity contribution in [3.05, 3.63) is 76.9 Å². The van der Waals surface area contributed by atoms with Crippen LogP contribution in [0.3, 0.4) is 0 Å². The molecule has 1 aliphatic carbocycles. The van der Waals surface area contributed by atoms with Crippen LogP contribution in [-0.2, 0) is 0 Å². The SMILES string of the molecule is COc1ccc(C2=C(c3cc(OC)cc(OC)c3)c3c(OC)cc(OC)cc3C2O)cc1. The van der Waals surface area contributed by atoms with Crippen LogP contribution < -0.4 is 23.7 Å². The monoisotopic (exact) mass is 434 g/mol. The molecule has 0 aliphatic heterocycles. The molecule has 1 N–H and O–H groups in total. The van der Waals surface area contributed by atoms with E-state index in [0.717, 1.165) is 33.6 Å². The predicted octanol–water partition coefficient (Wildman–Crippen LogP) is 4.74. The number of aliphatic hydroxyl groups is 1. The fourth-order valence-corrected chi connectivity index (χ4v) is 4.12. The lowest BCUT2D eigenvalue weighted by Crippen LogP contribution is -1.99. The van der Waals surface area contributed by atoms with Crippen LogP contribution in [0.5, 0.6) is 28.7 Å². The third kappa shape index (κ3) is 3.63. The largest absolute Gasteiger partial charge is 0.497 e. The van der Waals surface area contributed by atoms with Gasteiger partial charge in [-0.25, -0.2) is 0 Å². The molecule has 1 aliphatic rings. The van der Waals surface area contributed by atoms with Gasteiger partial charge in [-0.05, 0) is 41.5 Å². The Morgan fingerprint density at radius 1 is 0.594 bits per heavy atom. The van der Waals surface area contributed by atoms with E-state index in [9.17, 15) is 5.11 Å². The number of hydrogen-bond acceptors (Lipinski definition) is 6. The van der Waals surface area contributed by atoms with Crippen molar-refractivity contribution in [3.63, 3.8) is 0 Å². The van der Waals surface area contributed by atoms with Gasteiger partial charge in [-0.15, -0.1) is 0 Å². The molecule has 1 atom stereocenters. The Hall–Kier alpha value is -3.64. The maximum Gasteiger partial charge on any atom is 0.130 e. The van der Waals surface area contributed by atoms with Crippen molar-refractivity contribution in [2.75, 3.05) is 35.5 Å². The van der Waals surface area contributed by atoms with Crippen LogP contribution in [0.15, 0.2) is 54.6 Å². The molecule has 0 spiro atoms. The quantitative estimate of drug-likeness (QED) is 0.580. The summed E-state index contributed by atoms with van der Waals surface area (Å²) in [5.41, 5.74) is 4.82. The minimum atomic E-state index is -0.880. The van der Waals surface area contributed by atoms with Crippen LogP contribution >= 0.6 is 0 Å². The van der Waals surface area contributed by atoms with Crippen LogP contribution in [0, 0.1) is 0 Å². The van der Waals surface area contributed by atoms with E-state index in [1.807, 2.05) is 54.6 Å². The minimum absolute atomic E-state index is 0.609. The standard InChI is InChI=1S/C26H26O6/c1-28-17-8-6-15(7-9-17)24-23(16-10-18(29-2)12-19(11-16)30-3)25-21(26(24)27)13-20(31-4)14-22(25)32-5/h6-14,26-27H,1-5H3. The van der Waals surface area contributed by atoms with Gasteiger partial charge in [0, 0.05) is 34.4 Å². The number of fused-ring (bicyclic) bond motifs is 1. The molecule has 1 unspecified atom stereocenters. The van der Waals surface area contributed by atoms with Crippen LogP contribution in [0.2, 0.25) is 0 Å². The number of rotatable bonds is 7. The first-order valence-electron chi connectivity index (χ1n) is 10.1. The summed E-state index contributed by atoms with van der Waals surface area (Å²) in [6.07, 6.45) is -0.880. The lowest BCUT2D eigenvalue weighted by Gasteiger charge is -2.16. The summed E-state index contributed by atoms with van der Waals surface area (Å²) in [6, 6.07) is 16.9. The molecule has 6 nitrogen and oxygen atoms in total. The molecule has 3 aromatic carbocycles. The van der Waals surface area contributed by atoms with Gasteiger partial charge in [0.15, 0.2) is 0 Å². The van der Waals surface area contributed by atoms with E-state index in [2.05, 4.69) is 0 Å². The fourth-order valence-electron chi connectivity index (χ4n) is 4.12. The second-order valence-electron chi connectivity index (χ2n) is 7.31. The van der Waals surface area contributed by atoms with Crippen LogP contribution in [0.4, 0.5) is 0 Å². The minimum Gasteiger partial charge on any atom is -0.497 e. The highest BCUT2D eigenvalue weighted by molar-refractivity contribution is 6.07. The Balaban J connectivity index is 2.05. The van der Waals surface area contributed by atoms with Gasteiger partial charge in [-0.1, -0.05) is 12.1 Å². The maximum absolute atomic E-state index is 11.5. The first-order chi connectivity index (χ1) is 15.5. The molecule has 0 heterocycles. The van der Waals surface area contributed by atoms with Crippen LogP contribution in [0.25, 0.3) is 11.1 Å². The van der Waals surface area contributed by atoms with Crippen molar-refractivity contribution in [1.82, 2.24) is 0 Å². The summed E-state index contributed by atoms with van der Waals surface area (Å²) in [4.78, 5) is 0. The first-order valence-corrected chi connectivity index (χ1v) is 10.1. The van der Waals surface area contributed by atoms with Gasteiger partial charge in [0.2, 0.25) is 0 Å². The lowest BCUT2D eigenvalue weighted by molar-refractivity contribution is 0.240. The summed E-state index contributed by atoms with van der Waals surface area (Å²) in [5, 5.41) is 11.5. The molecule has 4 rings (SSSR count). The van der Waals surface area contributed by atoms with Gasteiger partial charge in [-0.3, -0.25) is 0 Å². The Morgan fingerprint density at radius 2 is 1.16 bits per heavy atom. The highest BCUT2D eigenvalue weighted by atomic mass is 16.5. The van der Waals surface area contributed by atoms with Gasteiger partial charge in [0.05, 0.1) is 35.5 Å². The predicted molar refractivity (Wildman–Crippen MR) is 123 cm³/mol. The molecule has 166 valence electrons. The summed E-state index contributed by atoms with van der Waals surface area (Å²) in [7, 11) is 8.05. The number of hydrogen-bond donors (Lipinski definition) is 1. The highest BCUT2D eigenvalue weighted by Crippen LogP contribution is 2.53. The zero-order valence-electron chi connectivity index (χ0n) is 18.8. The molecule has 6 heteroatoms. The highest BCUT2D eigenvalue weighted by Gasteiger charge is 2.35. The van der Waals surface area contributed by atoms with E-state index in [1.165, 1.54) is 0 Å². The van der Waals surface area contributed by atoms with Gasteiger partial charge in [0.25, 0.3) is 0 Å². The summed E-state index contributed by atoms with van der Waals surface area (Å²) >= 11 is 0. The van der Waals surface area contributed by atoms with E-state index in [-0.39, 0.29) is 0 Å². The topological polar surface area (TPSA) is 66.4 Å². The van der Waals surface area contributed by atoms with Crippen molar-refractivity contribution >= 4 is 11.1 Å². The van der Waals surface area contributed by atoms with Gasteiger partial charge in [0.1, 0.15) is 34.9 Å². The zero-order valence-corrected chi connectivity index (χ0v) is 18.8. The van der Waals surface area contributed by atoms with Gasteiger partial charge in [-0.2, -0.15) is 0 Å². The second kappa shape index (κ2) is 8.85. The third-order valence-electron chi connectivity index (χ3n) is 5.69. The molecular formula is C26H26O6. The molecule has 0 bridgehead atoms. The van der Waals surface area contributed by atoms with E-state index in [1.54, 1.807) is 35.5 Å². The average molecular weight is 434 g/mol. The van der Waals surface area contributed by atoms with Crippen molar-refractivity contribution in [1.29, 1.82) is 0 Å². The number of ether oxygens (including phenoxy) is 5. The Bertz CT molecular complexity index is 1140. The summed E-state index contributed by atoms with van der Waals surface area (Å²) < 4.78 is 27.5. The van der Waals surface area contributed by atoms with Gasteiger partial charge >= 0.3 is 0 Å². The summed E-state index contributed by atoms with van der Waals surface area (Å²) in [5.74, 6) is 3.26. The average Bonchev–Trinajstić information content (AvgIpc) is 3.15. The Morgan fingerprint density at radius 3 is 1.69 bits per heavy atom.